The predicted octanol–water partition coefficient (Wildman–Crippen LogP) is -1.16. The largest absolute Gasteiger partial charge is 0.394 e. The molecule has 5 atom stereocenters. The van der Waals surface area contributed by atoms with Gasteiger partial charge in [0.1, 0.15) is 24.4 Å². The van der Waals surface area contributed by atoms with Gasteiger partial charge in [-0.15, -0.1) is 16.5 Å². The molecule has 0 aliphatic carbocycles. The zero-order valence-electron chi connectivity index (χ0n) is 12.7. The topological polar surface area (TPSA) is 143 Å². The van der Waals surface area contributed by atoms with Crippen LogP contribution in [0.15, 0.2) is 5.29 Å². The van der Waals surface area contributed by atoms with Gasteiger partial charge < -0.3 is 25.2 Å². The highest BCUT2D eigenvalue weighted by atomic mass is 35.5. The van der Waals surface area contributed by atoms with Gasteiger partial charge in [-0.3, -0.25) is 4.90 Å². The van der Waals surface area contributed by atoms with Crippen LogP contribution in [-0.2, 0) is 4.74 Å². The van der Waals surface area contributed by atoms with E-state index in [0.717, 1.165) is 4.90 Å². The van der Waals surface area contributed by atoms with Crippen molar-refractivity contribution in [1.82, 2.24) is 9.91 Å². The molecular weight excluding hydrogens is 334 g/mol. The number of amides is 2. The summed E-state index contributed by atoms with van der Waals surface area (Å²) in [6.45, 7) is 1.09. The molecule has 0 aromatic heterocycles. The second kappa shape index (κ2) is 9.30. The fourth-order valence-corrected chi connectivity index (χ4v) is 2.47. The SMILES string of the molecule is CCCN(C(=O)N(CCCl)N=O)C1O[C@H](CO)[C@H](O)[C@H](O)[C@H]1O. The lowest BCUT2D eigenvalue weighted by Gasteiger charge is -2.44. The molecular formula is C12H22ClN3O7. The highest BCUT2D eigenvalue weighted by Crippen LogP contribution is 2.24. The molecule has 0 aromatic rings. The van der Waals surface area contributed by atoms with E-state index in [1.54, 1.807) is 6.92 Å². The van der Waals surface area contributed by atoms with Crippen molar-refractivity contribution >= 4 is 17.6 Å². The van der Waals surface area contributed by atoms with Crippen molar-refractivity contribution in [3.05, 3.63) is 4.91 Å². The number of urea groups is 1. The van der Waals surface area contributed by atoms with Crippen molar-refractivity contribution in [1.29, 1.82) is 0 Å². The van der Waals surface area contributed by atoms with Crippen LogP contribution in [-0.4, -0.2) is 92.6 Å². The quantitative estimate of drug-likeness (QED) is 0.256. The number of carbonyl (C=O) groups excluding carboxylic acids is 1. The van der Waals surface area contributed by atoms with Gasteiger partial charge in [-0.2, -0.15) is 5.01 Å². The van der Waals surface area contributed by atoms with E-state index in [1.165, 1.54) is 0 Å². The van der Waals surface area contributed by atoms with E-state index < -0.39 is 43.3 Å². The Morgan fingerprint density at radius 2 is 1.87 bits per heavy atom. The summed E-state index contributed by atoms with van der Waals surface area (Å²) in [5.41, 5.74) is 0. The number of carbonyl (C=O) groups is 1. The van der Waals surface area contributed by atoms with E-state index >= 15 is 0 Å². The van der Waals surface area contributed by atoms with Crippen LogP contribution in [0.4, 0.5) is 4.79 Å². The summed E-state index contributed by atoms with van der Waals surface area (Å²) in [5, 5.41) is 42.0. The Kier molecular flexibility index (Phi) is 8.09. The van der Waals surface area contributed by atoms with Gasteiger partial charge in [-0.25, -0.2) is 4.79 Å². The summed E-state index contributed by atoms with van der Waals surface area (Å²) in [6, 6.07) is -0.855. The summed E-state index contributed by atoms with van der Waals surface area (Å²) in [5.74, 6) is -0.0217. The number of aliphatic hydroxyl groups excluding tert-OH is 4. The van der Waals surface area contributed by atoms with E-state index in [1.807, 2.05) is 0 Å². The molecule has 1 aliphatic heterocycles. The van der Waals surface area contributed by atoms with E-state index in [0.29, 0.717) is 11.4 Å². The van der Waals surface area contributed by atoms with Crippen LogP contribution in [0, 0.1) is 4.91 Å². The van der Waals surface area contributed by atoms with Crippen molar-refractivity contribution in [2.75, 3.05) is 25.6 Å². The third kappa shape index (κ3) is 4.49. The summed E-state index contributed by atoms with van der Waals surface area (Å²) in [4.78, 5) is 24.2. The molecule has 1 aliphatic rings. The Bertz CT molecular complexity index is 401. The zero-order valence-corrected chi connectivity index (χ0v) is 13.4. The number of rotatable bonds is 7. The van der Waals surface area contributed by atoms with Crippen molar-refractivity contribution in [2.24, 2.45) is 5.29 Å². The molecule has 11 heteroatoms. The van der Waals surface area contributed by atoms with E-state index in [9.17, 15) is 30.1 Å². The van der Waals surface area contributed by atoms with Gasteiger partial charge in [0, 0.05) is 12.4 Å². The lowest BCUT2D eigenvalue weighted by atomic mass is 9.98. The van der Waals surface area contributed by atoms with Crippen molar-refractivity contribution in [3.63, 3.8) is 0 Å². The minimum Gasteiger partial charge on any atom is -0.394 e. The van der Waals surface area contributed by atoms with Gasteiger partial charge in [0.05, 0.1) is 18.4 Å². The minimum atomic E-state index is -1.62. The van der Waals surface area contributed by atoms with Gasteiger partial charge in [0.2, 0.25) is 0 Å². The second-order valence-corrected chi connectivity index (χ2v) is 5.47. The number of halogens is 1. The van der Waals surface area contributed by atoms with Crippen molar-refractivity contribution < 1.29 is 30.0 Å². The van der Waals surface area contributed by atoms with Crippen LogP contribution in [0.5, 0.6) is 0 Å². The van der Waals surface area contributed by atoms with E-state index in [2.05, 4.69) is 5.29 Å². The average molecular weight is 356 g/mol. The molecule has 0 bridgehead atoms. The molecule has 0 radical (unpaired) electrons. The number of aliphatic hydroxyl groups is 4. The lowest BCUT2D eigenvalue weighted by Crippen LogP contribution is -2.65. The number of hydrogen-bond acceptors (Lipinski definition) is 8. The Hall–Kier alpha value is -1.04. The Labute approximate surface area is 138 Å². The minimum absolute atomic E-state index is 0.0217. The van der Waals surface area contributed by atoms with E-state index in [-0.39, 0.29) is 19.0 Å². The van der Waals surface area contributed by atoms with Crippen LogP contribution in [0.3, 0.4) is 0 Å². The summed E-state index contributed by atoms with van der Waals surface area (Å²) in [6.07, 6.45) is -6.81. The molecule has 1 saturated heterocycles. The summed E-state index contributed by atoms with van der Waals surface area (Å²) < 4.78 is 5.33. The van der Waals surface area contributed by atoms with Gasteiger partial charge in [-0.05, 0) is 6.42 Å². The third-order valence-electron chi connectivity index (χ3n) is 3.50. The molecule has 134 valence electrons. The standard InChI is InChI=1S/C12H22ClN3O7/c1-2-4-15(12(21)16(14-22)5-3-13)11-10(20)9(19)8(18)7(6-17)23-11/h7-11,17-20H,2-6H2,1H3/t7-,8+,9+,10-,11?/m1/s1. The highest BCUT2D eigenvalue weighted by molar-refractivity contribution is 6.18. The predicted molar refractivity (Wildman–Crippen MR) is 79.4 cm³/mol. The number of nitrogens with zero attached hydrogens (tertiary/aromatic N) is 3. The van der Waals surface area contributed by atoms with Crippen LogP contribution >= 0.6 is 11.6 Å². The van der Waals surface area contributed by atoms with Gasteiger partial charge >= 0.3 is 6.03 Å². The molecule has 10 nitrogen and oxygen atoms in total. The van der Waals surface area contributed by atoms with Gasteiger partial charge in [0.25, 0.3) is 0 Å². The number of hydrogen-bond donors (Lipinski definition) is 4. The fourth-order valence-electron chi connectivity index (χ4n) is 2.31. The molecule has 4 N–H and O–H groups in total. The first-order chi connectivity index (χ1) is 10.9. The maximum atomic E-state index is 12.4. The van der Waals surface area contributed by atoms with Crippen molar-refractivity contribution in [2.45, 2.75) is 44.0 Å². The summed E-state index contributed by atoms with van der Waals surface area (Å²) >= 11 is 5.51. The summed E-state index contributed by atoms with van der Waals surface area (Å²) in [7, 11) is 0. The first-order valence-corrected chi connectivity index (χ1v) is 7.74. The van der Waals surface area contributed by atoms with Gasteiger partial charge in [-0.1, -0.05) is 6.92 Å². The molecule has 2 amide bonds. The van der Waals surface area contributed by atoms with Gasteiger partial charge in [0.15, 0.2) is 6.23 Å². The number of ether oxygens (including phenoxy) is 1. The molecule has 1 fully saturated rings. The second-order valence-electron chi connectivity index (χ2n) is 5.09. The Balaban J connectivity index is 3.02. The van der Waals surface area contributed by atoms with Crippen LogP contribution in [0.1, 0.15) is 13.3 Å². The number of alkyl halides is 1. The normalized spacial score (nSPS) is 30.8. The zero-order chi connectivity index (χ0) is 17.6. The molecule has 1 rings (SSSR count). The average Bonchev–Trinajstić information content (AvgIpc) is 2.55. The maximum Gasteiger partial charge on any atom is 0.345 e. The monoisotopic (exact) mass is 355 g/mol. The van der Waals surface area contributed by atoms with E-state index in [4.69, 9.17) is 16.3 Å². The molecule has 1 heterocycles. The maximum absolute atomic E-state index is 12.4. The Morgan fingerprint density at radius 3 is 2.35 bits per heavy atom. The molecule has 0 aromatic carbocycles. The third-order valence-corrected chi connectivity index (χ3v) is 3.67. The number of nitroso groups, excluding NO2 is 1. The molecule has 1 unspecified atom stereocenters. The first-order valence-electron chi connectivity index (χ1n) is 7.20. The molecule has 0 saturated carbocycles. The first kappa shape index (κ1) is 20.0. The Morgan fingerprint density at radius 1 is 1.22 bits per heavy atom. The van der Waals surface area contributed by atoms with Crippen LogP contribution < -0.4 is 0 Å². The molecule has 0 spiro atoms. The fraction of sp³-hybridized carbons (Fsp3) is 0.917. The highest BCUT2D eigenvalue weighted by Gasteiger charge is 2.47. The van der Waals surface area contributed by atoms with Crippen molar-refractivity contribution in [3.8, 4) is 0 Å². The smallest absolute Gasteiger partial charge is 0.345 e. The molecule has 23 heavy (non-hydrogen) atoms. The van der Waals surface area contributed by atoms with Crippen LogP contribution in [0.2, 0.25) is 0 Å². The lowest BCUT2D eigenvalue weighted by molar-refractivity contribution is -0.258. The van der Waals surface area contributed by atoms with Crippen LogP contribution in [0.25, 0.3) is 0 Å².